The molecule has 2 aromatic heterocycles. The van der Waals surface area contributed by atoms with E-state index in [4.69, 9.17) is 0 Å². The third kappa shape index (κ3) is 4.86. The van der Waals surface area contributed by atoms with Crippen molar-refractivity contribution in [3.05, 3.63) is 47.9 Å². The van der Waals surface area contributed by atoms with E-state index in [1.807, 2.05) is 18.1 Å². The number of benzene rings is 1. The summed E-state index contributed by atoms with van der Waals surface area (Å²) < 4.78 is 1.71. The summed E-state index contributed by atoms with van der Waals surface area (Å²) in [5, 5.41) is 8.87. The maximum absolute atomic E-state index is 12.7. The highest BCUT2D eigenvalue weighted by Crippen LogP contribution is 2.22. The van der Waals surface area contributed by atoms with E-state index in [2.05, 4.69) is 51.7 Å². The minimum Gasteiger partial charge on any atom is -0.361 e. The van der Waals surface area contributed by atoms with Gasteiger partial charge in [-0.25, -0.2) is 0 Å². The van der Waals surface area contributed by atoms with Crippen molar-refractivity contribution < 1.29 is 4.79 Å². The molecule has 166 valence electrons. The largest absolute Gasteiger partial charge is 0.361 e. The number of piperazine rings is 1. The van der Waals surface area contributed by atoms with Gasteiger partial charge in [-0.2, -0.15) is 5.10 Å². The summed E-state index contributed by atoms with van der Waals surface area (Å²) in [6.45, 7) is 4.59. The number of guanidine groups is 1. The Morgan fingerprint density at radius 2 is 2.13 bits per heavy atom. The van der Waals surface area contributed by atoms with Crippen LogP contribution in [0.4, 0.5) is 5.69 Å². The molecule has 1 aliphatic heterocycles. The molecule has 0 bridgehead atoms. The zero-order valence-electron chi connectivity index (χ0n) is 18.3. The van der Waals surface area contributed by atoms with Crippen LogP contribution in [0, 0.1) is 0 Å². The molecule has 3 heterocycles. The molecule has 1 saturated heterocycles. The van der Waals surface area contributed by atoms with Crippen molar-refractivity contribution in [3.8, 4) is 0 Å². The first-order valence-corrected chi connectivity index (χ1v) is 10.4. The summed E-state index contributed by atoms with van der Waals surface area (Å²) >= 11 is 0. The van der Waals surface area contributed by atoms with E-state index >= 15 is 0 Å². The molecule has 0 atom stereocenters. The Bertz CT molecular complexity index is 1070. The van der Waals surface area contributed by atoms with Crippen LogP contribution in [-0.4, -0.2) is 64.8 Å². The van der Waals surface area contributed by atoms with E-state index < -0.39 is 0 Å². The van der Waals surface area contributed by atoms with Crippen molar-refractivity contribution in [1.29, 1.82) is 0 Å². The monoisotopic (exact) mass is 535 g/mol. The van der Waals surface area contributed by atoms with Gasteiger partial charge in [0.25, 0.3) is 0 Å². The topological polar surface area (TPSA) is 81.6 Å². The fourth-order valence-electron chi connectivity index (χ4n) is 4.09. The van der Waals surface area contributed by atoms with Gasteiger partial charge in [0.05, 0.1) is 11.9 Å². The first-order chi connectivity index (χ1) is 14.6. The molecule has 31 heavy (non-hydrogen) atoms. The van der Waals surface area contributed by atoms with E-state index in [1.165, 1.54) is 22.0 Å². The third-order valence-electron chi connectivity index (χ3n) is 5.68. The van der Waals surface area contributed by atoms with Crippen LogP contribution in [0.25, 0.3) is 10.9 Å². The van der Waals surface area contributed by atoms with Gasteiger partial charge in [0.1, 0.15) is 6.54 Å². The quantitative estimate of drug-likeness (QED) is 0.299. The smallest absolute Gasteiger partial charge is 0.246 e. The molecule has 0 saturated carbocycles. The average Bonchev–Trinajstić information content (AvgIpc) is 3.37. The number of anilines is 1. The number of halogens is 1. The standard InChI is InChI=1S/C22H29N7O.HI/c1-4-16-6-5-7-19-17(12-25-21(16)19)8-9-24-22(23-2)28-10-11-29(20(30)15-28)18-13-26-27(3)14-18;/h5-7,12-14,25H,4,8-11,15H2,1-3H3,(H,23,24);1H. The van der Waals surface area contributed by atoms with E-state index in [1.54, 1.807) is 22.8 Å². The van der Waals surface area contributed by atoms with Crippen molar-refractivity contribution in [3.63, 3.8) is 0 Å². The predicted molar refractivity (Wildman–Crippen MR) is 135 cm³/mol. The molecule has 1 aromatic carbocycles. The van der Waals surface area contributed by atoms with E-state index in [0.29, 0.717) is 13.1 Å². The SMILES string of the molecule is CCc1cccc2c(CCNC(=NC)N3CCN(c4cnn(C)c4)C(=O)C3)c[nH]c12.I. The number of amides is 1. The third-order valence-corrected chi connectivity index (χ3v) is 5.68. The van der Waals surface area contributed by atoms with Gasteiger partial charge in [-0.3, -0.25) is 14.5 Å². The fraction of sp³-hybridized carbons (Fsp3) is 0.409. The van der Waals surface area contributed by atoms with Crippen LogP contribution in [0.2, 0.25) is 0 Å². The summed E-state index contributed by atoms with van der Waals surface area (Å²) in [5.41, 5.74) is 4.71. The first-order valence-electron chi connectivity index (χ1n) is 10.4. The normalized spacial score (nSPS) is 14.8. The molecule has 0 spiro atoms. The van der Waals surface area contributed by atoms with Gasteiger partial charge in [-0.15, -0.1) is 24.0 Å². The number of nitrogens with zero attached hydrogens (tertiary/aromatic N) is 5. The molecule has 0 unspecified atom stereocenters. The molecule has 0 aliphatic carbocycles. The van der Waals surface area contributed by atoms with Gasteiger partial charge in [-0.1, -0.05) is 25.1 Å². The van der Waals surface area contributed by atoms with Crippen LogP contribution in [0.15, 0.2) is 41.8 Å². The van der Waals surface area contributed by atoms with Gasteiger partial charge in [0, 0.05) is 57.0 Å². The van der Waals surface area contributed by atoms with Crippen LogP contribution >= 0.6 is 24.0 Å². The van der Waals surface area contributed by atoms with Crippen molar-refractivity contribution in [2.24, 2.45) is 12.0 Å². The Hall–Kier alpha value is -2.56. The lowest BCUT2D eigenvalue weighted by atomic mass is 10.1. The van der Waals surface area contributed by atoms with Crippen LogP contribution in [0.5, 0.6) is 0 Å². The molecule has 1 fully saturated rings. The summed E-state index contributed by atoms with van der Waals surface area (Å²) in [5.74, 6) is 0.823. The number of rotatable bonds is 5. The molecule has 4 rings (SSSR count). The molecule has 3 aromatic rings. The number of carbonyl (C=O) groups excluding carboxylic acids is 1. The van der Waals surface area contributed by atoms with Crippen molar-refractivity contribution >= 4 is 52.4 Å². The average molecular weight is 535 g/mol. The summed E-state index contributed by atoms with van der Waals surface area (Å²) in [6.07, 6.45) is 7.60. The highest BCUT2D eigenvalue weighted by Gasteiger charge is 2.27. The predicted octanol–water partition coefficient (Wildman–Crippen LogP) is 2.55. The molecular formula is C22H30IN7O. The molecule has 1 amide bonds. The number of nitrogens with one attached hydrogen (secondary N) is 2. The summed E-state index contributed by atoms with van der Waals surface area (Å²) in [6, 6.07) is 6.47. The van der Waals surface area contributed by atoms with E-state index in [0.717, 1.165) is 37.6 Å². The second kappa shape index (κ2) is 10.2. The molecular weight excluding hydrogens is 505 g/mol. The number of fused-ring (bicyclic) bond motifs is 1. The zero-order chi connectivity index (χ0) is 21.1. The Morgan fingerprint density at radius 3 is 2.81 bits per heavy atom. The number of aliphatic imine (C=N–C) groups is 1. The zero-order valence-corrected chi connectivity index (χ0v) is 20.6. The lowest BCUT2D eigenvalue weighted by Crippen LogP contribution is -2.55. The Kier molecular flexibility index (Phi) is 7.58. The van der Waals surface area contributed by atoms with Gasteiger partial charge in [0.2, 0.25) is 5.91 Å². The Balaban J connectivity index is 0.00000272. The molecule has 0 radical (unpaired) electrons. The lowest BCUT2D eigenvalue weighted by Gasteiger charge is -2.35. The summed E-state index contributed by atoms with van der Waals surface area (Å²) in [4.78, 5) is 24.3. The number of aryl methyl sites for hydroxylation is 2. The maximum Gasteiger partial charge on any atom is 0.246 e. The summed E-state index contributed by atoms with van der Waals surface area (Å²) in [7, 11) is 3.62. The molecule has 9 heteroatoms. The maximum atomic E-state index is 12.7. The number of aromatic nitrogens is 3. The minimum atomic E-state index is 0. The lowest BCUT2D eigenvalue weighted by molar-refractivity contribution is -0.120. The molecule has 8 nitrogen and oxygen atoms in total. The minimum absolute atomic E-state index is 0. The molecule has 1 aliphatic rings. The van der Waals surface area contributed by atoms with Gasteiger partial charge >= 0.3 is 0 Å². The highest BCUT2D eigenvalue weighted by atomic mass is 127. The van der Waals surface area contributed by atoms with Crippen molar-refractivity contribution in [2.45, 2.75) is 19.8 Å². The second-order valence-corrected chi connectivity index (χ2v) is 7.57. The second-order valence-electron chi connectivity index (χ2n) is 7.57. The van der Waals surface area contributed by atoms with E-state index in [-0.39, 0.29) is 29.9 Å². The number of para-hydroxylation sites is 1. The number of H-pyrrole nitrogens is 1. The van der Waals surface area contributed by atoms with Crippen LogP contribution in [-0.2, 0) is 24.7 Å². The fourth-order valence-corrected chi connectivity index (χ4v) is 4.09. The van der Waals surface area contributed by atoms with Crippen LogP contribution in [0.1, 0.15) is 18.1 Å². The van der Waals surface area contributed by atoms with E-state index in [9.17, 15) is 4.79 Å². The van der Waals surface area contributed by atoms with Crippen LogP contribution in [0.3, 0.4) is 0 Å². The Morgan fingerprint density at radius 1 is 1.29 bits per heavy atom. The molecule has 2 N–H and O–H groups in total. The van der Waals surface area contributed by atoms with Crippen molar-refractivity contribution in [2.75, 3.05) is 38.1 Å². The number of hydrogen-bond acceptors (Lipinski definition) is 3. The van der Waals surface area contributed by atoms with Gasteiger partial charge in [0.15, 0.2) is 5.96 Å². The van der Waals surface area contributed by atoms with Crippen LogP contribution < -0.4 is 10.2 Å². The number of aromatic amines is 1. The number of carbonyl (C=O) groups is 1. The van der Waals surface area contributed by atoms with Gasteiger partial charge < -0.3 is 20.1 Å². The first kappa shape index (κ1) is 23.1. The van der Waals surface area contributed by atoms with Crippen molar-refractivity contribution in [1.82, 2.24) is 25.0 Å². The Labute approximate surface area is 199 Å². The van der Waals surface area contributed by atoms with Gasteiger partial charge in [-0.05, 0) is 24.0 Å². The highest BCUT2D eigenvalue weighted by molar-refractivity contribution is 14.0. The number of hydrogen-bond donors (Lipinski definition) is 2.